The molecule has 0 atom stereocenters. The Bertz CT molecular complexity index is 476. The fourth-order valence-corrected chi connectivity index (χ4v) is 2.42. The maximum absolute atomic E-state index is 13.5. The molecule has 1 amide bonds. The summed E-state index contributed by atoms with van der Waals surface area (Å²) >= 11 is 0. The van der Waals surface area contributed by atoms with E-state index in [9.17, 15) is 13.6 Å². The first kappa shape index (κ1) is 15.6. The van der Waals surface area contributed by atoms with Crippen LogP contribution >= 0.6 is 0 Å². The van der Waals surface area contributed by atoms with E-state index in [2.05, 4.69) is 26.1 Å². The van der Waals surface area contributed by atoms with E-state index in [1.165, 1.54) is 12.1 Å². The van der Waals surface area contributed by atoms with Crippen LogP contribution in [0.15, 0.2) is 18.2 Å². The number of nitrogens with one attached hydrogen (secondary N) is 1. The number of amides is 1. The smallest absolute Gasteiger partial charge is 0.254 e. The number of rotatable bonds is 3. The van der Waals surface area contributed by atoms with Gasteiger partial charge in [0.25, 0.3) is 5.91 Å². The molecule has 0 aliphatic carbocycles. The second-order valence-corrected chi connectivity index (χ2v) is 6.68. The minimum Gasteiger partial charge on any atom is -0.347 e. The first-order valence-corrected chi connectivity index (χ1v) is 6.28. The molecule has 1 aromatic carbocycles. The van der Waals surface area contributed by atoms with Crippen molar-refractivity contribution >= 4 is 5.91 Å². The molecular formula is C15H21F2NO. The maximum Gasteiger partial charge on any atom is 0.254 e. The molecule has 0 spiro atoms. The number of hydrogen-bond donors (Lipinski definition) is 1. The van der Waals surface area contributed by atoms with E-state index < -0.39 is 23.1 Å². The van der Waals surface area contributed by atoms with Gasteiger partial charge in [-0.2, -0.15) is 0 Å². The van der Waals surface area contributed by atoms with Crippen molar-refractivity contribution in [1.82, 2.24) is 5.32 Å². The number of hydrogen-bond acceptors (Lipinski definition) is 1. The van der Waals surface area contributed by atoms with Crippen LogP contribution in [0.4, 0.5) is 8.78 Å². The van der Waals surface area contributed by atoms with Gasteiger partial charge in [-0.25, -0.2) is 8.78 Å². The third kappa shape index (κ3) is 4.62. The summed E-state index contributed by atoms with van der Waals surface area (Å²) in [5, 5.41) is 2.75. The Morgan fingerprint density at radius 3 is 2.26 bits per heavy atom. The van der Waals surface area contributed by atoms with Crippen LogP contribution in [0.2, 0.25) is 0 Å². The molecule has 0 saturated heterocycles. The molecule has 106 valence electrons. The van der Waals surface area contributed by atoms with E-state index in [0.29, 0.717) is 0 Å². The highest BCUT2D eigenvalue weighted by Crippen LogP contribution is 2.27. The zero-order valence-electron chi connectivity index (χ0n) is 12.1. The summed E-state index contributed by atoms with van der Waals surface area (Å²) in [4.78, 5) is 12.0. The van der Waals surface area contributed by atoms with Gasteiger partial charge in [0.05, 0.1) is 5.56 Å². The van der Waals surface area contributed by atoms with Gasteiger partial charge < -0.3 is 5.32 Å². The van der Waals surface area contributed by atoms with Gasteiger partial charge in [-0.1, -0.05) is 26.8 Å². The van der Waals surface area contributed by atoms with Gasteiger partial charge in [0.2, 0.25) is 0 Å². The van der Waals surface area contributed by atoms with E-state index in [-0.39, 0.29) is 11.0 Å². The van der Waals surface area contributed by atoms with Gasteiger partial charge in [-0.05, 0) is 37.8 Å². The highest BCUT2D eigenvalue weighted by Gasteiger charge is 2.28. The highest BCUT2D eigenvalue weighted by molar-refractivity contribution is 5.94. The van der Waals surface area contributed by atoms with Crippen molar-refractivity contribution < 1.29 is 13.6 Å². The third-order valence-corrected chi connectivity index (χ3v) is 2.62. The molecule has 0 fully saturated rings. The SMILES string of the molecule is CC(C)(C)CC(C)(C)NC(=O)c1cccc(F)c1F. The largest absolute Gasteiger partial charge is 0.347 e. The lowest BCUT2D eigenvalue weighted by atomic mass is 9.81. The van der Waals surface area contributed by atoms with Gasteiger partial charge >= 0.3 is 0 Å². The van der Waals surface area contributed by atoms with Crippen molar-refractivity contribution in [2.45, 2.75) is 46.6 Å². The van der Waals surface area contributed by atoms with Crippen LogP contribution < -0.4 is 5.32 Å². The summed E-state index contributed by atoms with van der Waals surface area (Å²) in [5.74, 6) is -2.71. The van der Waals surface area contributed by atoms with Gasteiger partial charge in [0, 0.05) is 5.54 Å². The van der Waals surface area contributed by atoms with Crippen LogP contribution in [0.25, 0.3) is 0 Å². The maximum atomic E-state index is 13.5. The van der Waals surface area contributed by atoms with Crippen LogP contribution in [0.1, 0.15) is 51.4 Å². The molecule has 2 nitrogen and oxygen atoms in total. The Labute approximate surface area is 113 Å². The van der Waals surface area contributed by atoms with E-state index in [0.717, 1.165) is 12.5 Å². The second-order valence-electron chi connectivity index (χ2n) is 6.68. The number of carbonyl (C=O) groups is 1. The molecule has 1 N–H and O–H groups in total. The van der Waals surface area contributed by atoms with Gasteiger partial charge in [-0.3, -0.25) is 4.79 Å². The minimum absolute atomic E-state index is 0.0251. The summed E-state index contributed by atoms with van der Waals surface area (Å²) in [7, 11) is 0. The normalized spacial score (nSPS) is 12.4. The first-order chi connectivity index (χ1) is 8.52. The average Bonchev–Trinajstić information content (AvgIpc) is 2.17. The number of halogens is 2. The van der Waals surface area contributed by atoms with Crippen LogP contribution in [-0.2, 0) is 0 Å². The fraction of sp³-hybridized carbons (Fsp3) is 0.533. The third-order valence-electron chi connectivity index (χ3n) is 2.62. The Balaban J connectivity index is 2.88. The lowest BCUT2D eigenvalue weighted by Crippen LogP contribution is -2.46. The average molecular weight is 269 g/mol. The predicted octanol–water partition coefficient (Wildman–Crippen LogP) is 3.91. The van der Waals surface area contributed by atoms with Crippen molar-refractivity contribution in [3.63, 3.8) is 0 Å². The molecule has 0 aliphatic rings. The van der Waals surface area contributed by atoms with E-state index >= 15 is 0 Å². The Morgan fingerprint density at radius 1 is 1.16 bits per heavy atom. The van der Waals surface area contributed by atoms with E-state index in [1.54, 1.807) is 0 Å². The Morgan fingerprint density at radius 2 is 1.74 bits per heavy atom. The van der Waals surface area contributed by atoms with Crippen LogP contribution in [-0.4, -0.2) is 11.4 Å². The molecule has 0 unspecified atom stereocenters. The quantitative estimate of drug-likeness (QED) is 0.885. The summed E-state index contributed by atoms with van der Waals surface area (Å²) < 4.78 is 26.6. The first-order valence-electron chi connectivity index (χ1n) is 6.28. The number of carbonyl (C=O) groups excluding carboxylic acids is 1. The topological polar surface area (TPSA) is 29.1 Å². The van der Waals surface area contributed by atoms with Crippen molar-refractivity contribution in [3.8, 4) is 0 Å². The lowest BCUT2D eigenvalue weighted by Gasteiger charge is -2.33. The summed E-state index contributed by atoms with van der Waals surface area (Å²) in [6.45, 7) is 9.91. The van der Waals surface area contributed by atoms with Crippen molar-refractivity contribution in [3.05, 3.63) is 35.4 Å². The van der Waals surface area contributed by atoms with Crippen LogP contribution in [0.5, 0.6) is 0 Å². The van der Waals surface area contributed by atoms with Gasteiger partial charge in [0.1, 0.15) is 0 Å². The monoisotopic (exact) mass is 269 g/mol. The van der Waals surface area contributed by atoms with Crippen molar-refractivity contribution in [2.24, 2.45) is 5.41 Å². The van der Waals surface area contributed by atoms with Gasteiger partial charge in [0.15, 0.2) is 11.6 Å². The fourth-order valence-electron chi connectivity index (χ4n) is 2.42. The molecule has 0 aromatic heterocycles. The molecule has 1 rings (SSSR count). The molecule has 0 bridgehead atoms. The molecule has 4 heteroatoms. The molecule has 0 heterocycles. The highest BCUT2D eigenvalue weighted by atomic mass is 19.2. The van der Waals surface area contributed by atoms with Crippen molar-refractivity contribution in [1.29, 1.82) is 0 Å². The molecule has 1 aromatic rings. The van der Waals surface area contributed by atoms with Crippen LogP contribution in [0, 0.1) is 17.0 Å². The predicted molar refractivity (Wildman–Crippen MR) is 72.0 cm³/mol. The summed E-state index contributed by atoms with van der Waals surface area (Å²) in [6.07, 6.45) is 0.725. The molecule has 0 aliphatic heterocycles. The molecule has 0 saturated carbocycles. The standard InChI is InChI=1S/C15H21F2NO/c1-14(2,3)9-15(4,5)18-13(19)10-7-6-8-11(16)12(10)17/h6-8H,9H2,1-5H3,(H,18,19). The lowest BCUT2D eigenvalue weighted by molar-refractivity contribution is 0.0886. The zero-order chi connectivity index (χ0) is 14.8. The second kappa shape index (κ2) is 5.27. The van der Waals surface area contributed by atoms with Gasteiger partial charge in [-0.15, -0.1) is 0 Å². The minimum atomic E-state index is -1.11. The summed E-state index contributed by atoms with van der Waals surface area (Å²) in [6, 6.07) is 3.59. The zero-order valence-corrected chi connectivity index (χ0v) is 12.1. The molecule has 0 radical (unpaired) electrons. The van der Waals surface area contributed by atoms with E-state index in [4.69, 9.17) is 0 Å². The molecular weight excluding hydrogens is 248 g/mol. The molecule has 19 heavy (non-hydrogen) atoms. The van der Waals surface area contributed by atoms with Crippen molar-refractivity contribution in [2.75, 3.05) is 0 Å². The number of benzene rings is 1. The van der Waals surface area contributed by atoms with E-state index in [1.807, 2.05) is 13.8 Å². The summed E-state index contributed by atoms with van der Waals surface area (Å²) in [5.41, 5.74) is -0.729. The Kier molecular flexibility index (Phi) is 4.33. The van der Waals surface area contributed by atoms with Crippen LogP contribution in [0.3, 0.4) is 0 Å². The Hall–Kier alpha value is -1.45.